The number of rotatable bonds is 3. The molecule has 0 amide bonds. The van der Waals surface area contributed by atoms with E-state index in [1.165, 1.54) is 0 Å². The molecule has 0 saturated carbocycles. The van der Waals surface area contributed by atoms with Crippen LogP contribution in [0.25, 0.3) is 0 Å². The Morgan fingerprint density at radius 2 is 2.19 bits per heavy atom. The maximum atomic E-state index is 9.05. The quantitative estimate of drug-likeness (QED) is 0.705. The van der Waals surface area contributed by atoms with Crippen LogP contribution >= 0.6 is 0 Å². The number of benzene rings is 1. The van der Waals surface area contributed by atoms with Gasteiger partial charge in [0.1, 0.15) is 0 Å². The molecule has 0 unspecified atom stereocenters. The van der Waals surface area contributed by atoms with Gasteiger partial charge in [-0.25, -0.2) is 0 Å². The van der Waals surface area contributed by atoms with Gasteiger partial charge in [0.2, 0.25) is 0 Å². The molecule has 82 valence electrons. The van der Waals surface area contributed by atoms with Gasteiger partial charge in [-0.2, -0.15) is 5.10 Å². The summed E-state index contributed by atoms with van der Waals surface area (Å²) in [5, 5.41) is 22.3. The van der Waals surface area contributed by atoms with Crippen molar-refractivity contribution in [1.82, 2.24) is 9.78 Å². The Bertz CT molecular complexity index is 482. The van der Waals surface area contributed by atoms with Crippen molar-refractivity contribution in [3.05, 3.63) is 47.8 Å². The van der Waals surface area contributed by atoms with E-state index in [1.807, 2.05) is 23.9 Å². The third-order valence-electron chi connectivity index (χ3n) is 2.36. The molecule has 0 aliphatic heterocycles. The first kappa shape index (κ1) is 10.9. The van der Waals surface area contributed by atoms with Crippen molar-refractivity contribution in [2.75, 3.05) is 0 Å². The van der Waals surface area contributed by atoms with Gasteiger partial charge >= 0.3 is 7.12 Å². The lowest BCUT2D eigenvalue weighted by molar-refractivity contribution is 0.425. The van der Waals surface area contributed by atoms with Crippen molar-refractivity contribution in [1.29, 1.82) is 0 Å². The first-order valence-corrected chi connectivity index (χ1v) is 5.09. The monoisotopic (exact) mass is 216 g/mol. The van der Waals surface area contributed by atoms with Crippen molar-refractivity contribution >= 4 is 12.6 Å². The predicted molar refractivity (Wildman–Crippen MR) is 62.3 cm³/mol. The molecule has 1 aromatic heterocycles. The molecule has 0 radical (unpaired) electrons. The summed E-state index contributed by atoms with van der Waals surface area (Å²) in [5.41, 5.74) is 2.61. The SMILES string of the molecule is Cc1cnn(Cc2cccc(B(O)O)c2)c1. The van der Waals surface area contributed by atoms with Crippen LogP contribution in [0, 0.1) is 6.92 Å². The first-order valence-electron chi connectivity index (χ1n) is 5.09. The Kier molecular flexibility index (Phi) is 3.08. The zero-order chi connectivity index (χ0) is 11.5. The van der Waals surface area contributed by atoms with Crippen LogP contribution in [0.4, 0.5) is 0 Å². The van der Waals surface area contributed by atoms with E-state index < -0.39 is 7.12 Å². The average molecular weight is 216 g/mol. The highest BCUT2D eigenvalue weighted by atomic mass is 16.4. The fourth-order valence-corrected chi connectivity index (χ4v) is 1.59. The Labute approximate surface area is 94.3 Å². The van der Waals surface area contributed by atoms with Crippen molar-refractivity contribution in [2.45, 2.75) is 13.5 Å². The minimum atomic E-state index is -1.42. The molecule has 0 spiro atoms. The molecule has 0 bridgehead atoms. The van der Waals surface area contributed by atoms with E-state index in [9.17, 15) is 0 Å². The number of hydrogen-bond acceptors (Lipinski definition) is 3. The lowest BCUT2D eigenvalue weighted by Crippen LogP contribution is -2.30. The van der Waals surface area contributed by atoms with E-state index in [0.29, 0.717) is 12.0 Å². The first-order chi connectivity index (χ1) is 7.65. The van der Waals surface area contributed by atoms with Crippen LogP contribution in [0.3, 0.4) is 0 Å². The molecule has 2 N–H and O–H groups in total. The minimum absolute atomic E-state index is 0.501. The van der Waals surface area contributed by atoms with Gasteiger partial charge in [-0.05, 0) is 23.5 Å². The fourth-order valence-electron chi connectivity index (χ4n) is 1.59. The Morgan fingerprint density at radius 3 is 2.81 bits per heavy atom. The van der Waals surface area contributed by atoms with E-state index in [4.69, 9.17) is 10.0 Å². The van der Waals surface area contributed by atoms with E-state index in [1.54, 1.807) is 24.4 Å². The van der Waals surface area contributed by atoms with Crippen LogP contribution in [0.2, 0.25) is 0 Å². The zero-order valence-corrected chi connectivity index (χ0v) is 9.04. The Balaban J connectivity index is 2.18. The van der Waals surface area contributed by atoms with Crippen molar-refractivity contribution < 1.29 is 10.0 Å². The molecule has 0 saturated heterocycles. The second-order valence-electron chi connectivity index (χ2n) is 3.83. The van der Waals surface area contributed by atoms with Gasteiger partial charge in [0, 0.05) is 6.20 Å². The number of aromatic nitrogens is 2. The Hall–Kier alpha value is -1.59. The largest absolute Gasteiger partial charge is 0.488 e. The lowest BCUT2D eigenvalue weighted by Gasteiger charge is -2.04. The molecular formula is C11H13BN2O2. The number of hydrogen-bond donors (Lipinski definition) is 2. The summed E-state index contributed by atoms with van der Waals surface area (Å²) < 4.78 is 1.82. The fraction of sp³-hybridized carbons (Fsp3) is 0.182. The Morgan fingerprint density at radius 1 is 1.38 bits per heavy atom. The number of aryl methyl sites for hydroxylation is 1. The van der Waals surface area contributed by atoms with E-state index in [2.05, 4.69) is 5.10 Å². The summed E-state index contributed by atoms with van der Waals surface area (Å²) in [5.74, 6) is 0. The predicted octanol–water partition coefficient (Wildman–Crippen LogP) is -0.0804. The van der Waals surface area contributed by atoms with Crippen LogP contribution in [0.15, 0.2) is 36.7 Å². The molecule has 0 atom stereocenters. The summed E-state index contributed by atoms with van der Waals surface area (Å²) in [6.45, 7) is 2.62. The summed E-state index contributed by atoms with van der Waals surface area (Å²) in [6.07, 6.45) is 3.74. The molecule has 2 rings (SSSR count). The highest BCUT2D eigenvalue weighted by Gasteiger charge is 2.10. The summed E-state index contributed by atoms with van der Waals surface area (Å²) in [6, 6.07) is 7.19. The molecule has 0 fully saturated rings. The summed E-state index contributed by atoms with van der Waals surface area (Å²) in [4.78, 5) is 0. The smallest absolute Gasteiger partial charge is 0.423 e. The molecule has 4 nitrogen and oxygen atoms in total. The highest BCUT2D eigenvalue weighted by molar-refractivity contribution is 6.58. The van der Waals surface area contributed by atoms with Gasteiger partial charge in [-0.1, -0.05) is 24.3 Å². The van der Waals surface area contributed by atoms with Gasteiger partial charge in [0.25, 0.3) is 0 Å². The third kappa shape index (κ3) is 2.50. The van der Waals surface area contributed by atoms with Gasteiger partial charge in [0.05, 0.1) is 12.7 Å². The van der Waals surface area contributed by atoms with E-state index in [0.717, 1.165) is 11.1 Å². The molecule has 1 aromatic carbocycles. The van der Waals surface area contributed by atoms with Gasteiger partial charge in [0.15, 0.2) is 0 Å². The van der Waals surface area contributed by atoms with Crippen molar-refractivity contribution in [3.63, 3.8) is 0 Å². The highest BCUT2D eigenvalue weighted by Crippen LogP contribution is 2.02. The van der Waals surface area contributed by atoms with Gasteiger partial charge in [-0.3, -0.25) is 4.68 Å². The molecule has 0 aliphatic carbocycles. The molecule has 16 heavy (non-hydrogen) atoms. The molecule has 0 aliphatic rings. The van der Waals surface area contributed by atoms with Crippen molar-refractivity contribution in [2.24, 2.45) is 0 Å². The molecule has 1 heterocycles. The van der Waals surface area contributed by atoms with Crippen LogP contribution in [0.5, 0.6) is 0 Å². The second-order valence-corrected chi connectivity index (χ2v) is 3.83. The van der Waals surface area contributed by atoms with Gasteiger partial charge < -0.3 is 10.0 Å². The summed E-state index contributed by atoms with van der Waals surface area (Å²) >= 11 is 0. The minimum Gasteiger partial charge on any atom is -0.423 e. The van der Waals surface area contributed by atoms with Crippen LogP contribution in [0.1, 0.15) is 11.1 Å². The zero-order valence-electron chi connectivity index (χ0n) is 9.04. The maximum Gasteiger partial charge on any atom is 0.488 e. The standard InChI is InChI=1S/C11H13BN2O2/c1-9-6-13-14(7-9)8-10-3-2-4-11(5-10)12(15)16/h2-7,15-16H,8H2,1H3. The second kappa shape index (κ2) is 4.51. The van der Waals surface area contributed by atoms with Crippen LogP contribution in [-0.4, -0.2) is 26.9 Å². The topological polar surface area (TPSA) is 58.3 Å². The van der Waals surface area contributed by atoms with Crippen molar-refractivity contribution in [3.8, 4) is 0 Å². The van der Waals surface area contributed by atoms with Crippen LogP contribution < -0.4 is 5.46 Å². The van der Waals surface area contributed by atoms with Gasteiger partial charge in [-0.15, -0.1) is 0 Å². The molecule has 2 aromatic rings. The van der Waals surface area contributed by atoms with Crippen LogP contribution in [-0.2, 0) is 6.54 Å². The van der Waals surface area contributed by atoms with E-state index >= 15 is 0 Å². The number of nitrogens with zero attached hydrogens (tertiary/aromatic N) is 2. The summed E-state index contributed by atoms with van der Waals surface area (Å²) in [7, 11) is -1.42. The molecular weight excluding hydrogens is 203 g/mol. The average Bonchev–Trinajstić information content (AvgIpc) is 2.64. The maximum absolute atomic E-state index is 9.05. The van der Waals surface area contributed by atoms with E-state index in [-0.39, 0.29) is 0 Å². The molecule has 5 heteroatoms. The lowest BCUT2D eigenvalue weighted by atomic mass is 9.80. The third-order valence-corrected chi connectivity index (χ3v) is 2.36. The normalized spacial score (nSPS) is 10.4.